The highest BCUT2D eigenvalue weighted by Crippen LogP contribution is 2.30. The van der Waals surface area contributed by atoms with Gasteiger partial charge in [0.1, 0.15) is 5.72 Å². The second kappa shape index (κ2) is 3.29. The first kappa shape index (κ1) is 9.00. The number of ether oxygens (including phenoxy) is 1. The Kier molecular flexibility index (Phi) is 2.28. The van der Waals surface area contributed by atoms with Crippen LogP contribution in [0.5, 0.6) is 0 Å². The van der Waals surface area contributed by atoms with Gasteiger partial charge in [0.15, 0.2) is 0 Å². The van der Waals surface area contributed by atoms with Gasteiger partial charge in [-0.2, -0.15) is 0 Å². The molecule has 1 fully saturated rings. The largest absolute Gasteiger partial charge is 0.355 e. The molecule has 70 valence electrons. The van der Waals surface area contributed by atoms with Crippen LogP contribution < -0.4 is 5.32 Å². The van der Waals surface area contributed by atoms with Crippen LogP contribution in [0.15, 0.2) is 24.3 Å². The van der Waals surface area contributed by atoms with Crippen molar-refractivity contribution in [2.45, 2.75) is 12.6 Å². The van der Waals surface area contributed by atoms with Crippen molar-refractivity contribution in [1.82, 2.24) is 5.32 Å². The molecule has 1 N–H and O–H groups in total. The topological polar surface area (TPSA) is 21.3 Å². The van der Waals surface area contributed by atoms with Gasteiger partial charge in [-0.1, -0.05) is 29.8 Å². The van der Waals surface area contributed by atoms with E-state index in [1.165, 1.54) is 0 Å². The van der Waals surface area contributed by atoms with Crippen LogP contribution in [0.3, 0.4) is 0 Å². The Hall–Kier alpha value is -0.570. The second-order valence-electron chi connectivity index (χ2n) is 3.29. The number of hydrogen-bond acceptors (Lipinski definition) is 2. The van der Waals surface area contributed by atoms with Crippen molar-refractivity contribution < 1.29 is 4.74 Å². The van der Waals surface area contributed by atoms with E-state index in [1.54, 1.807) is 0 Å². The van der Waals surface area contributed by atoms with E-state index in [0.29, 0.717) is 0 Å². The van der Waals surface area contributed by atoms with Crippen LogP contribution in [-0.2, 0) is 10.5 Å². The normalized spacial score (nSPS) is 27.8. The van der Waals surface area contributed by atoms with Crippen molar-refractivity contribution in [2.75, 3.05) is 13.2 Å². The van der Waals surface area contributed by atoms with Gasteiger partial charge in [0.2, 0.25) is 0 Å². The minimum absolute atomic E-state index is 0.404. The van der Waals surface area contributed by atoms with Crippen LogP contribution in [0.2, 0.25) is 5.02 Å². The number of hydrogen-bond donors (Lipinski definition) is 1. The van der Waals surface area contributed by atoms with Gasteiger partial charge in [0.25, 0.3) is 0 Å². The van der Waals surface area contributed by atoms with Gasteiger partial charge in [-0.25, -0.2) is 0 Å². The lowest BCUT2D eigenvalue weighted by Gasteiger charge is -2.24. The first-order chi connectivity index (χ1) is 6.22. The lowest BCUT2D eigenvalue weighted by Crippen LogP contribution is -2.34. The average molecular weight is 198 g/mol. The van der Waals surface area contributed by atoms with Gasteiger partial charge < -0.3 is 4.74 Å². The van der Waals surface area contributed by atoms with E-state index >= 15 is 0 Å². The van der Waals surface area contributed by atoms with Crippen LogP contribution in [0, 0.1) is 0 Å². The standard InChI is InChI=1S/C10H12ClNO/c1-10(12-6-7-13-10)8-4-2-3-5-9(8)11/h2-5,12H,6-7H2,1H3. The molecule has 1 aromatic rings. The highest BCUT2D eigenvalue weighted by atomic mass is 35.5. The Balaban J connectivity index is 2.39. The molecular formula is C10H12ClNO. The zero-order chi connectivity index (χ0) is 9.31. The Morgan fingerprint density at radius 1 is 1.46 bits per heavy atom. The predicted molar refractivity (Wildman–Crippen MR) is 52.8 cm³/mol. The molecule has 0 amide bonds. The Labute approximate surface area is 82.9 Å². The summed E-state index contributed by atoms with van der Waals surface area (Å²) in [4.78, 5) is 0. The third kappa shape index (κ3) is 1.57. The van der Waals surface area contributed by atoms with Crippen molar-refractivity contribution in [3.63, 3.8) is 0 Å². The number of rotatable bonds is 1. The number of halogens is 1. The Morgan fingerprint density at radius 2 is 2.23 bits per heavy atom. The summed E-state index contributed by atoms with van der Waals surface area (Å²) in [5.74, 6) is 0. The van der Waals surface area contributed by atoms with E-state index in [9.17, 15) is 0 Å². The second-order valence-corrected chi connectivity index (χ2v) is 3.70. The SMILES string of the molecule is CC1(c2ccccc2Cl)NCCO1. The molecule has 0 spiro atoms. The average Bonchev–Trinajstić information content (AvgIpc) is 2.54. The van der Waals surface area contributed by atoms with Gasteiger partial charge in [-0.05, 0) is 13.0 Å². The maximum absolute atomic E-state index is 6.07. The molecule has 2 rings (SSSR count). The molecule has 1 aliphatic rings. The van der Waals surface area contributed by atoms with E-state index in [1.807, 2.05) is 31.2 Å². The highest BCUT2D eigenvalue weighted by Gasteiger charge is 2.32. The molecule has 1 saturated heterocycles. The maximum atomic E-state index is 6.07. The van der Waals surface area contributed by atoms with Gasteiger partial charge in [0.05, 0.1) is 6.61 Å². The summed E-state index contributed by atoms with van der Waals surface area (Å²) in [6.45, 7) is 3.62. The van der Waals surface area contributed by atoms with Crippen LogP contribution in [0.25, 0.3) is 0 Å². The number of benzene rings is 1. The lowest BCUT2D eigenvalue weighted by molar-refractivity contribution is 0.00256. The summed E-state index contributed by atoms with van der Waals surface area (Å²) in [5, 5.41) is 4.03. The summed E-state index contributed by atoms with van der Waals surface area (Å²) in [5.41, 5.74) is 0.604. The maximum Gasteiger partial charge on any atom is 0.144 e. The van der Waals surface area contributed by atoms with Crippen molar-refractivity contribution >= 4 is 11.6 Å². The first-order valence-electron chi connectivity index (χ1n) is 4.36. The quantitative estimate of drug-likeness (QED) is 0.745. The summed E-state index contributed by atoms with van der Waals surface area (Å²) < 4.78 is 5.61. The zero-order valence-electron chi connectivity index (χ0n) is 7.51. The summed E-state index contributed by atoms with van der Waals surface area (Å²) in [6, 6.07) is 7.76. The molecule has 0 bridgehead atoms. The van der Waals surface area contributed by atoms with Gasteiger partial charge >= 0.3 is 0 Å². The van der Waals surface area contributed by atoms with Crippen molar-refractivity contribution in [3.05, 3.63) is 34.9 Å². The fraction of sp³-hybridized carbons (Fsp3) is 0.400. The van der Waals surface area contributed by atoms with Gasteiger partial charge in [-0.15, -0.1) is 0 Å². The molecule has 1 aromatic carbocycles. The number of nitrogens with one attached hydrogen (secondary N) is 1. The molecule has 0 aromatic heterocycles. The molecule has 0 aliphatic carbocycles. The molecule has 1 unspecified atom stereocenters. The molecule has 0 radical (unpaired) electrons. The van der Waals surface area contributed by atoms with Crippen molar-refractivity contribution in [1.29, 1.82) is 0 Å². The minimum atomic E-state index is -0.404. The minimum Gasteiger partial charge on any atom is -0.355 e. The van der Waals surface area contributed by atoms with Crippen molar-refractivity contribution in [2.24, 2.45) is 0 Å². The molecule has 1 heterocycles. The van der Waals surface area contributed by atoms with E-state index in [-0.39, 0.29) is 0 Å². The van der Waals surface area contributed by atoms with Crippen molar-refractivity contribution in [3.8, 4) is 0 Å². The summed E-state index contributed by atoms with van der Waals surface area (Å²) in [7, 11) is 0. The highest BCUT2D eigenvalue weighted by molar-refractivity contribution is 6.31. The van der Waals surface area contributed by atoms with Crippen LogP contribution >= 0.6 is 11.6 Å². The monoisotopic (exact) mass is 197 g/mol. The van der Waals surface area contributed by atoms with E-state index in [0.717, 1.165) is 23.7 Å². The molecule has 13 heavy (non-hydrogen) atoms. The summed E-state index contributed by atoms with van der Waals surface area (Å²) >= 11 is 6.07. The summed E-state index contributed by atoms with van der Waals surface area (Å²) in [6.07, 6.45) is 0. The molecular weight excluding hydrogens is 186 g/mol. The van der Waals surface area contributed by atoms with Crippen LogP contribution in [-0.4, -0.2) is 13.2 Å². The molecule has 3 heteroatoms. The van der Waals surface area contributed by atoms with Crippen LogP contribution in [0.4, 0.5) is 0 Å². The third-order valence-corrected chi connectivity index (χ3v) is 2.67. The molecule has 1 aliphatic heterocycles. The van der Waals surface area contributed by atoms with E-state index in [2.05, 4.69) is 5.32 Å². The lowest BCUT2D eigenvalue weighted by atomic mass is 10.1. The fourth-order valence-corrected chi connectivity index (χ4v) is 1.93. The van der Waals surface area contributed by atoms with E-state index < -0.39 is 5.72 Å². The zero-order valence-corrected chi connectivity index (χ0v) is 8.27. The molecule has 1 atom stereocenters. The molecule has 2 nitrogen and oxygen atoms in total. The van der Waals surface area contributed by atoms with Crippen LogP contribution in [0.1, 0.15) is 12.5 Å². The Bertz CT molecular complexity index is 308. The predicted octanol–water partition coefficient (Wildman–Crippen LogP) is 2.13. The smallest absolute Gasteiger partial charge is 0.144 e. The first-order valence-corrected chi connectivity index (χ1v) is 4.74. The molecule has 0 saturated carbocycles. The van der Waals surface area contributed by atoms with Gasteiger partial charge in [0, 0.05) is 17.1 Å². The Morgan fingerprint density at radius 3 is 2.85 bits per heavy atom. The van der Waals surface area contributed by atoms with E-state index in [4.69, 9.17) is 16.3 Å². The fourth-order valence-electron chi connectivity index (χ4n) is 1.62. The van der Waals surface area contributed by atoms with Gasteiger partial charge in [-0.3, -0.25) is 5.32 Å². The third-order valence-electron chi connectivity index (χ3n) is 2.34.